The molecule has 0 aromatic carbocycles. The van der Waals surface area contributed by atoms with Gasteiger partial charge in [0.2, 0.25) is 5.91 Å². The molecule has 1 heterocycles. The summed E-state index contributed by atoms with van der Waals surface area (Å²) in [5, 5.41) is 9.78. The molecule has 1 aliphatic rings. The Bertz CT molecular complexity index is 520. The van der Waals surface area contributed by atoms with Crippen molar-refractivity contribution in [3.63, 3.8) is 0 Å². The first kappa shape index (κ1) is 16.7. The van der Waals surface area contributed by atoms with E-state index in [-0.39, 0.29) is 12.5 Å². The first-order valence-corrected chi connectivity index (χ1v) is 8.58. The van der Waals surface area contributed by atoms with Gasteiger partial charge in [-0.1, -0.05) is 12.8 Å². The van der Waals surface area contributed by atoms with Gasteiger partial charge < -0.3 is 15.5 Å². The highest BCUT2D eigenvalue weighted by Crippen LogP contribution is 2.17. The van der Waals surface area contributed by atoms with Crippen molar-refractivity contribution >= 4 is 23.2 Å². The number of nitrogens with zero attached hydrogens (tertiary/aromatic N) is 3. The fraction of sp³-hybridized carbons (Fsp3) is 0.667. The Morgan fingerprint density at radius 3 is 2.77 bits per heavy atom. The predicted molar refractivity (Wildman–Crippen MR) is 90.1 cm³/mol. The second-order valence-corrected chi connectivity index (χ2v) is 6.76. The van der Waals surface area contributed by atoms with Crippen LogP contribution in [-0.2, 0) is 11.3 Å². The van der Waals surface area contributed by atoms with E-state index in [1.165, 1.54) is 25.7 Å². The molecular weight excluding hydrogens is 298 g/mol. The van der Waals surface area contributed by atoms with Gasteiger partial charge in [-0.3, -0.25) is 4.79 Å². The molecular formula is C15H25N5OS. The predicted octanol–water partition coefficient (Wildman–Crippen LogP) is 1.52. The summed E-state index contributed by atoms with van der Waals surface area (Å²) < 4.78 is 0. The number of nitrogens with one attached hydrogen (secondary N) is 2. The zero-order valence-corrected chi connectivity index (χ0v) is 14.4. The lowest BCUT2D eigenvalue weighted by molar-refractivity contribution is -0.127. The Morgan fingerprint density at radius 2 is 2.18 bits per heavy atom. The maximum Gasteiger partial charge on any atom is 0.243 e. The van der Waals surface area contributed by atoms with E-state index in [0.29, 0.717) is 18.5 Å². The maximum atomic E-state index is 11.7. The molecule has 2 rings (SSSR count). The van der Waals surface area contributed by atoms with Gasteiger partial charge in [0.15, 0.2) is 5.96 Å². The summed E-state index contributed by atoms with van der Waals surface area (Å²) in [6.07, 6.45) is 4.85. The SMILES string of the molecule is Cc1csc(CNC(=NCC(=O)N(C)C)NC2CCCC2)n1. The average Bonchev–Trinajstić information content (AvgIpc) is 3.13. The number of hydrogen-bond donors (Lipinski definition) is 2. The zero-order chi connectivity index (χ0) is 15.9. The third-order valence-corrected chi connectivity index (χ3v) is 4.61. The first-order valence-electron chi connectivity index (χ1n) is 7.70. The van der Waals surface area contributed by atoms with Crippen molar-refractivity contribution in [2.45, 2.75) is 45.2 Å². The molecule has 0 bridgehead atoms. The molecule has 6 nitrogen and oxygen atoms in total. The fourth-order valence-corrected chi connectivity index (χ4v) is 3.06. The van der Waals surface area contributed by atoms with Gasteiger partial charge in [0, 0.05) is 31.2 Å². The Kier molecular flexibility index (Phi) is 6.18. The van der Waals surface area contributed by atoms with Gasteiger partial charge in [-0.15, -0.1) is 11.3 Å². The number of rotatable bonds is 5. The molecule has 1 amide bonds. The number of hydrogen-bond acceptors (Lipinski definition) is 4. The lowest BCUT2D eigenvalue weighted by atomic mass is 10.2. The van der Waals surface area contributed by atoms with Crippen LogP contribution < -0.4 is 10.6 Å². The van der Waals surface area contributed by atoms with E-state index in [2.05, 4.69) is 20.6 Å². The van der Waals surface area contributed by atoms with Crippen molar-refractivity contribution in [1.29, 1.82) is 0 Å². The largest absolute Gasteiger partial charge is 0.354 e. The number of thiazole rings is 1. The second kappa shape index (κ2) is 8.12. The van der Waals surface area contributed by atoms with E-state index in [0.717, 1.165) is 10.7 Å². The summed E-state index contributed by atoms with van der Waals surface area (Å²) in [6.45, 7) is 2.78. The summed E-state index contributed by atoms with van der Waals surface area (Å²) in [5.41, 5.74) is 1.03. The molecule has 0 aliphatic heterocycles. The quantitative estimate of drug-likeness (QED) is 0.637. The number of carbonyl (C=O) groups is 1. The van der Waals surface area contributed by atoms with Gasteiger partial charge >= 0.3 is 0 Å². The Hall–Kier alpha value is -1.63. The van der Waals surface area contributed by atoms with Crippen LogP contribution in [0.4, 0.5) is 0 Å². The summed E-state index contributed by atoms with van der Waals surface area (Å²) in [7, 11) is 3.49. The van der Waals surface area contributed by atoms with Crippen LogP contribution in [0.25, 0.3) is 0 Å². The van der Waals surface area contributed by atoms with Crippen LogP contribution in [0.3, 0.4) is 0 Å². The number of aromatic nitrogens is 1. The van der Waals surface area contributed by atoms with Crippen molar-refractivity contribution in [3.8, 4) is 0 Å². The molecule has 7 heteroatoms. The number of amides is 1. The number of carbonyl (C=O) groups excluding carboxylic acids is 1. The van der Waals surface area contributed by atoms with E-state index in [4.69, 9.17) is 0 Å². The molecule has 0 saturated heterocycles. The molecule has 1 aromatic heterocycles. The van der Waals surface area contributed by atoms with Gasteiger partial charge in [-0.05, 0) is 19.8 Å². The monoisotopic (exact) mass is 323 g/mol. The lowest BCUT2D eigenvalue weighted by Crippen LogP contribution is -2.42. The second-order valence-electron chi connectivity index (χ2n) is 5.81. The van der Waals surface area contributed by atoms with Gasteiger partial charge in [-0.2, -0.15) is 0 Å². The van der Waals surface area contributed by atoms with Crippen molar-refractivity contribution in [1.82, 2.24) is 20.5 Å². The highest BCUT2D eigenvalue weighted by Gasteiger charge is 2.16. The summed E-state index contributed by atoms with van der Waals surface area (Å²) >= 11 is 1.63. The Morgan fingerprint density at radius 1 is 1.45 bits per heavy atom. The standard InChI is InChI=1S/C15H25N5OS/c1-11-10-22-13(18-11)8-16-15(17-9-14(21)20(2)3)19-12-6-4-5-7-12/h10,12H,4-9H2,1-3H3,(H2,16,17,19). The first-order chi connectivity index (χ1) is 10.5. The smallest absolute Gasteiger partial charge is 0.243 e. The Balaban J connectivity index is 1.93. The van der Waals surface area contributed by atoms with Gasteiger partial charge in [-0.25, -0.2) is 9.98 Å². The maximum absolute atomic E-state index is 11.7. The third kappa shape index (κ3) is 5.29. The van der Waals surface area contributed by atoms with Crippen LogP contribution in [0.15, 0.2) is 10.4 Å². The number of aliphatic imine (C=N–C) groups is 1. The molecule has 22 heavy (non-hydrogen) atoms. The van der Waals surface area contributed by atoms with Crippen LogP contribution in [0.1, 0.15) is 36.4 Å². The molecule has 1 saturated carbocycles. The number of guanidine groups is 1. The third-order valence-electron chi connectivity index (χ3n) is 3.64. The molecule has 1 fully saturated rings. The average molecular weight is 323 g/mol. The minimum Gasteiger partial charge on any atom is -0.354 e. The van der Waals surface area contributed by atoms with E-state index in [9.17, 15) is 4.79 Å². The molecule has 122 valence electrons. The van der Waals surface area contributed by atoms with Crippen LogP contribution in [-0.4, -0.2) is 48.4 Å². The summed E-state index contributed by atoms with van der Waals surface area (Å²) in [5.74, 6) is 0.701. The Labute approximate surface area is 136 Å². The topological polar surface area (TPSA) is 69.6 Å². The fourth-order valence-electron chi connectivity index (χ4n) is 2.35. The number of aryl methyl sites for hydroxylation is 1. The van der Waals surface area contributed by atoms with Crippen LogP contribution in [0.5, 0.6) is 0 Å². The minimum atomic E-state index is -0.00221. The van der Waals surface area contributed by atoms with Crippen LogP contribution in [0.2, 0.25) is 0 Å². The molecule has 0 atom stereocenters. The molecule has 0 radical (unpaired) electrons. The highest BCUT2D eigenvalue weighted by molar-refractivity contribution is 7.09. The van der Waals surface area contributed by atoms with Crippen molar-refractivity contribution in [2.75, 3.05) is 20.6 Å². The molecule has 0 unspecified atom stereocenters. The summed E-state index contributed by atoms with van der Waals surface area (Å²) in [4.78, 5) is 22.1. The van der Waals surface area contributed by atoms with Gasteiger partial charge in [0.25, 0.3) is 0 Å². The lowest BCUT2D eigenvalue weighted by Gasteiger charge is -2.17. The van der Waals surface area contributed by atoms with Crippen molar-refractivity contribution in [2.24, 2.45) is 4.99 Å². The van der Waals surface area contributed by atoms with E-state index in [1.54, 1.807) is 30.3 Å². The molecule has 1 aromatic rings. The normalized spacial score (nSPS) is 15.9. The number of likely N-dealkylation sites (N-methyl/N-ethyl adjacent to an activating group) is 1. The molecule has 2 N–H and O–H groups in total. The minimum absolute atomic E-state index is 0.00221. The molecule has 0 spiro atoms. The van der Waals surface area contributed by atoms with E-state index in [1.807, 2.05) is 12.3 Å². The van der Waals surface area contributed by atoms with E-state index < -0.39 is 0 Å². The van der Waals surface area contributed by atoms with Crippen molar-refractivity contribution in [3.05, 3.63) is 16.1 Å². The highest BCUT2D eigenvalue weighted by atomic mass is 32.1. The summed E-state index contributed by atoms with van der Waals surface area (Å²) in [6, 6.07) is 0.457. The van der Waals surface area contributed by atoms with Gasteiger partial charge in [0.05, 0.1) is 6.54 Å². The van der Waals surface area contributed by atoms with Crippen LogP contribution >= 0.6 is 11.3 Å². The van der Waals surface area contributed by atoms with Gasteiger partial charge in [0.1, 0.15) is 11.6 Å². The molecule has 1 aliphatic carbocycles. The van der Waals surface area contributed by atoms with E-state index >= 15 is 0 Å². The van der Waals surface area contributed by atoms with Crippen molar-refractivity contribution < 1.29 is 4.79 Å². The zero-order valence-electron chi connectivity index (χ0n) is 13.6. The van der Waals surface area contributed by atoms with Crippen LogP contribution in [0, 0.1) is 6.92 Å².